The second-order valence-corrected chi connectivity index (χ2v) is 6.31. The Balaban J connectivity index is 1.38. The van der Waals surface area contributed by atoms with Gasteiger partial charge in [0.1, 0.15) is 12.4 Å². The van der Waals surface area contributed by atoms with Crippen molar-refractivity contribution in [3.05, 3.63) is 90.4 Å². The first-order valence-electron chi connectivity index (χ1n) is 9.01. The van der Waals surface area contributed by atoms with Crippen molar-refractivity contribution in [2.45, 2.75) is 13.0 Å². The highest BCUT2D eigenvalue weighted by molar-refractivity contribution is 6.04. The summed E-state index contributed by atoms with van der Waals surface area (Å²) in [4.78, 5) is 16.7. The van der Waals surface area contributed by atoms with Crippen LogP contribution in [0.3, 0.4) is 0 Å². The highest BCUT2D eigenvalue weighted by atomic mass is 16.5. The van der Waals surface area contributed by atoms with Crippen LogP contribution in [0.2, 0.25) is 0 Å². The van der Waals surface area contributed by atoms with Crippen LogP contribution in [-0.2, 0) is 0 Å². The number of benzene rings is 2. The Bertz CT molecular complexity index is 1060. The number of pyridine rings is 1. The molecule has 0 spiro atoms. The zero-order chi connectivity index (χ0) is 20.1. The quantitative estimate of drug-likeness (QED) is 0.545. The van der Waals surface area contributed by atoms with E-state index in [4.69, 9.17) is 4.74 Å². The number of anilines is 1. The largest absolute Gasteiger partial charge is 0.470 e. The number of nitrogens with zero attached hydrogens (tertiary/aromatic N) is 5. The van der Waals surface area contributed by atoms with Crippen LogP contribution in [0, 0.1) is 0 Å². The van der Waals surface area contributed by atoms with Gasteiger partial charge in [0.2, 0.25) is 5.88 Å². The Hall–Kier alpha value is -4.07. The first-order chi connectivity index (χ1) is 14.2. The van der Waals surface area contributed by atoms with Crippen LogP contribution in [0.1, 0.15) is 28.9 Å². The number of tetrazole rings is 1. The van der Waals surface area contributed by atoms with Gasteiger partial charge in [0, 0.05) is 18.0 Å². The van der Waals surface area contributed by atoms with Crippen LogP contribution in [-0.4, -0.2) is 31.1 Å². The number of hydrogen-bond acceptors (Lipinski definition) is 6. The van der Waals surface area contributed by atoms with Crippen molar-refractivity contribution in [2.75, 3.05) is 5.32 Å². The van der Waals surface area contributed by atoms with E-state index >= 15 is 0 Å². The predicted molar refractivity (Wildman–Crippen MR) is 107 cm³/mol. The van der Waals surface area contributed by atoms with E-state index in [2.05, 4.69) is 25.8 Å². The van der Waals surface area contributed by atoms with E-state index in [1.54, 1.807) is 24.3 Å². The van der Waals surface area contributed by atoms with Crippen molar-refractivity contribution < 1.29 is 9.53 Å². The smallest absolute Gasteiger partial charge is 0.257 e. The number of ether oxygens (including phenoxy) is 1. The Labute approximate surface area is 167 Å². The molecule has 2 heterocycles. The third-order valence-electron chi connectivity index (χ3n) is 4.30. The van der Waals surface area contributed by atoms with Crippen molar-refractivity contribution in [3.63, 3.8) is 0 Å². The molecule has 0 bridgehead atoms. The van der Waals surface area contributed by atoms with Gasteiger partial charge >= 0.3 is 0 Å². The molecule has 0 aliphatic rings. The number of carbonyl (C=O) groups excluding carboxylic acids is 1. The van der Waals surface area contributed by atoms with Crippen molar-refractivity contribution >= 4 is 11.6 Å². The minimum absolute atomic E-state index is 0.137. The van der Waals surface area contributed by atoms with Crippen LogP contribution < -0.4 is 10.1 Å². The van der Waals surface area contributed by atoms with Gasteiger partial charge < -0.3 is 10.1 Å². The fraction of sp³-hybridized carbons (Fsp3) is 0.0952. The van der Waals surface area contributed by atoms with E-state index in [1.165, 1.54) is 17.2 Å². The van der Waals surface area contributed by atoms with E-state index in [1.807, 2.05) is 49.4 Å². The van der Waals surface area contributed by atoms with Gasteiger partial charge in [-0.2, -0.15) is 0 Å². The maximum atomic E-state index is 12.5. The molecule has 8 nitrogen and oxygen atoms in total. The molecular formula is C21H18N6O2. The molecule has 4 aromatic rings. The summed E-state index contributed by atoms with van der Waals surface area (Å²) in [6, 6.07) is 20.4. The van der Waals surface area contributed by atoms with Crippen molar-refractivity contribution in [3.8, 4) is 11.6 Å². The average Bonchev–Trinajstić information content (AvgIpc) is 3.30. The molecule has 29 heavy (non-hydrogen) atoms. The standard InChI is InChI=1S/C21H18N6O2/c1-15(16-5-3-2-4-6-16)29-20-12-7-17(13-22-20)21(28)24-18-8-10-19(11-9-18)27-14-23-25-26-27/h2-15H,1H3,(H,24,28). The van der Waals surface area contributed by atoms with Crippen LogP contribution in [0.5, 0.6) is 5.88 Å². The van der Waals surface area contributed by atoms with Gasteiger partial charge in [-0.05, 0) is 53.2 Å². The van der Waals surface area contributed by atoms with E-state index in [0.29, 0.717) is 17.1 Å². The molecule has 8 heteroatoms. The summed E-state index contributed by atoms with van der Waals surface area (Å²) in [7, 11) is 0. The molecule has 2 aromatic heterocycles. The predicted octanol–water partition coefficient (Wildman–Crippen LogP) is 3.45. The second kappa shape index (κ2) is 8.30. The molecule has 1 atom stereocenters. The molecule has 0 aliphatic carbocycles. The molecule has 2 aromatic carbocycles. The third kappa shape index (κ3) is 4.44. The third-order valence-corrected chi connectivity index (χ3v) is 4.30. The Morgan fingerprint density at radius 1 is 1.03 bits per heavy atom. The van der Waals surface area contributed by atoms with Gasteiger partial charge in [0.25, 0.3) is 5.91 Å². The normalized spacial score (nSPS) is 11.6. The SMILES string of the molecule is CC(Oc1ccc(C(=O)Nc2ccc(-n3cnnn3)cc2)cn1)c1ccccc1. The Kier molecular flexibility index (Phi) is 5.24. The van der Waals surface area contributed by atoms with E-state index in [0.717, 1.165) is 11.3 Å². The summed E-state index contributed by atoms with van der Waals surface area (Å²) in [6.07, 6.45) is 2.86. The topological polar surface area (TPSA) is 94.8 Å². The fourth-order valence-electron chi connectivity index (χ4n) is 2.74. The first-order valence-corrected chi connectivity index (χ1v) is 9.01. The summed E-state index contributed by atoms with van der Waals surface area (Å²) in [5.74, 6) is 0.207. The molecule has 0 aliphatic heterocycles. The molecule has 1 unspecified atom stereocenters. The number of aromatic nitrogens is 5. The maximum Gasteiger partial charge on any atom is 0.257 e. The lowest BCUT2D eigenvalue weighted by Crippen LogP contribution is -2.12. The zero-order valence-electron chi connectivity index (χ0n) is 15.6. The lowest BCUT2D eigenvalue weighted by atomic mass is 10.1. The fourth-order valence-corrected chi connectivity index (χ4v) is 2.74. The summed E-state index contributed by atoms with van der Waals surface area (Å²) in [6.45, 7) is 1.96. The van der Waals surface area contributed by atoms with Crippen LogP contribution in [0.25, 0.3) is 5.69 Å². The minimum Gasteiger partial charge on any atom is -0.470 e. The highest BCUT2D eigenvalue weighted by Crippen LogP contribution is 2.20. The zero-order valence-corrected chi connectivity index (χ0v) is 15.6. The highest BCUT2D eigenvalue weighted by Gasteiger charge is 2.10. The van der Waals surface area contributed by atoms with Crippen LogP contribution in [0.4, 0.5) is 5.69 Å². The average molecular weight is 386 g/mol. The molecule has 1 amide bonds. The maximum absolute atomic E-state index is 12.5. The van der Waals surface area contributed by atoms with Gasteiger partial charge in [-0.15, -0.1) is 5.10 Å². The summed E-state index contributed by atoms with van der Waals surface area (Å²) in [5.41, 5.74) is 2.95. The van der Waals surface area contributed by atoms with Crippen LogP contribution in [0.15, 0.2) is 79.3 Å². The molecular weight excluding hydrogens is 368 g/mol. The number of hydrogen-bond donors (Lipinski definition) is 1. The minimum atomic E-state index is -0.254. The second-order valence-electron chi connectivity index (χ2n) is 6.31. The molecule has 144 valence electrons. The van der Waals surface area contributed by atoms with Crippen molar-refractivity contribution in [1.29, 1.82) is 0 Å². The van der Waals surface area contributed by atoms with E-state index in [9.17, 15) is 4.79 Å². The van der Waals surface area contributed by atoms with Gasteiger partial charge in [0.15, 0.2) is 0 Å². The first kappa shape index (κ1) is 18.3. The van der Waals surface area contributed by atoms with Crippen molar-refractivity contribution in [2.24, 2.45) is 0 Å². The van der Waals surface area contributed by atoms with E-state index < -0.39 is 0 Å². The number of nitrogens with one attached hydrogen (secondary N) is 1. The van der Waals surface area contributed by atoms with Crippen LogP contribution >= 0.6 is 0 Å². The lowest BCUT2D eigenvalue weighted by Gasteiger charge is -2.14. The summed E-state index contributed by atoms with van der Waals surface area (Å²) in [5, 5.41) is 13.8. The number of amides is 1. The van der Waals surface area contributed by atoms with E-state index in [-0.39, 0.29) is 12.0 Å². The lowest BCUT2D eigenvalue weighted by molar-refractivity contribution is 0.102. The van der Waals surface area contributed by atoms with Gasteiger partial charge in [0.05, 0.1) is 11.3 Å². The van der Waals surface area contributed by atoms with Crippen molar-refractivity contribution in [1.82, 2.24) is 25.2 Å². The van der Waals surface area contributed by atoms with Gasteiger partial charge in [-0.25, -0.2) is 9.67 Å². The van der Waals surface area contributed by atoms with Gasteiger partial charge in [-0.1, -0.05) is 30.3 Å². The Morgan fingerprint density at radius 2 is 1.83 bits per heavy atom. The molecule has 0 saturated heterocycles. The number of carbonyl (C=O) groups is 1. The Morgan fingerprint density at radius 3 is 2.48 bits per heavy atom. The summed E-state index contributed by atoms with van der Waals surface area (Å²) >= 11 is 0. The molecule has 4 rings (SSSR count). The molecule has 0 fully saturated rings. The molecule has 1 N–H and O–H groups in total. The molecule has 0 radical (unpaired) electrons. The van der Waals surface area contributed by atoms with Gasteiger partial charge in [-0.3, -0.25) is 4.79 Å². The number of rotatable bonds is 6. The monoisotopic (exact) mass is 386 g/mol. The summed E-state index contributed by atoms with van der Waals surface area (Å²) < 4.78 is 7.37. The molecule has 0 saturated carbocycles.